The summed E-state index contributed by atoms with van der Waals surface area (Å²) in [5.41, 5.74) is 1.51. The number of benzene rings is 1. The van der Waals surface area contributed by atoms with Gasteiger partial charge in [-0.1, -0.05) is 37.3 Å². The molecule has 0 aromatic heterocycles. The lowest BCUT2D eigenvalue weighted by Gasteiger charge is -2.32. The van der Waals surface area contributed by atoms with Gasteiger partial charge in [0.1, 0.15) is 0 Å². The summed E-state index contributed by atoms with van der Waals surface area (Å²) in [6.45, 7) is 8.32. The van der Waals surface area contributed by atoms with Crippen molar-refractivity contribution >= 4 is 0 Å². The van der Waals surface area contributed by atoms with Crippen LogP contribution >= 0.6 is 0 Å². The molecule has 1 heterocycles. The summed E-state index contributed by atoms with van der Waals surface area (Å²) < 4.78 is 0. The molecule has 0 aliphatic carbocycles. The van der Waals surface area contributed by atoms with Crippen LogP contribution in [0, 0.1) is 5.92 Å². The molecule has 0 radical (unpaired) electrons. The van der Waals surface area contributed by atoms with Gasteiger partial charge in [-0.15, -0.1) is 0 Å². The third kappa shape index (κ3) is 5.33. The standard InChI is InChI=1S/C17H28N2/c1-2-10-18-11-14-19-12-8-17(9-13-19)15-16-6-4-3-5-7-16/h3-7,17-18H,2,8-15H2,1H3. The van der Waals surface area contributed by atoms with Gasteiger partial charge >= 0.3 is 0 Å². The summed E-state index contributed by atoms with van der Waals surface area (Å²) in [4.78, 5) is 2.62. The van der Waals surface area contributed by atoms with E-state index in [1.807, 2.05) is 0 Å². The second kappa shape index (κ2) is 8.34. The lowest BCUT2D eigenvalue weighted by atomic mass is 9.90. The first-order chi connectivity index (χ1) is 9.38. The second-order valence-corrected chi connectivity index (χ2v) is 5.72. The van der Waals surface area contributed by atoms with Gasteiger partial charge in [-0.2, -0.15) is 0 Å². The largest absolute Gasteiger partial charge is 0.315 e. The van der Waals surface area contributed by atoms with Crippen molar-refractivity contribution in [2.75, 3.05) is 32.7 Å². The first-order valence-electron chi connectivity index (χ1n) is 7.85. The molecule has 1 aliphatic rings. The third-order valence-electron chi connectivity index (χ3n) is 4.11. The highest BCUT2D eigenvalue weighted by atomic mass is 15.1. The van der Waals surface area contributed by atoms with Gasteiger partial charge in [0, 0.05) is 13.1 Å². The summed E-state index contributed by atoms with van der Waals surface area (Å²) in [6, 6.07) is 10.9. The van der Waals surface area contributed by atoms with E-state index in [0.717, 1.165) is 19.0 Å². The van der Waals surface area contributed by atoms with Gasteiger partial charge in [-0.3, -0.25) is 0 Å². The Morgan fingerprint density at radius 3 is 2.53 bits per heavy atom. The van der Waals surface area contributed by atoms with Crippen molar-refractivity contribution in [1.29, 1.82) is 0 Å². The molecular weight excluding hydrogens is 232 g/mol. The SMILES string of the molecule is CCCNCCN1CCC(Cc2ccccc2)CC1. The number of hydrogen-bond donors (Lipinski definition) is 1. The van der Waals surface area contributed by atoms with E-state index in [9.17, 15) is 0 Å². The van der Waals surface area contributed by atoms with Gasteiger partial charge < -0.3 is 10.2 Å². The zero-order valence-corrected chi connectivity index (χ0v) is 12.3. The molecule has 1 aromatic carbocycles. The monoisotopic (exact) mass is 260 g/mol. The molecule has 1 saturated heterocycles. The number of likely N-dealkylation sites (tertiary alicyclic amines) is 1. The Balaban J connectivity index is 1.62. The lowest BCUT2D eigenvalue weighted by Crippen LogP contribution is -2.38. The highest BCUT2D eigenvalue weighted by Gasteiger charge is 2.18. The third-order valence-corrected chi connectivity index (χ3v) is 4.11. The quantitative estimate of drug-likeness (QED) is 0.758. The van der Waals surface area contributed by atoms with Gasteiger partial charge in [-0.25, -0.2) is 0 Å². The van der Waals surface area contributed by atoms with Crippen LogP contribution in [-0.2, 0) is 6.42 Å². The predicted molar refractivity (Wildman–Crippen MR) is 82.5 cm³/mol. The molecule has 0 atom stereocenters. The summed E-state index contributed by atoms with van der Waals surface area (Å²) in [5, 5.41) is 3.49. The van der Waals surface area contributed by atoms with Crippen LogP contribution in [-0.4, -0.2) is 37.6 Å². The summed E-state index contributed by atoms with van der Waals surface area (Å²) in [6.07, 6.45) is 5.23. The van der Waals surface area contributed by atoms with Gasteiger partial charge in [0.15, 0.2) is 0 Å². The van der Waals surface area contributed by atoms with Crippen molar-refractivity contribution in [2.24, 2.45) is 5.92 Å². The van der Waals surface area contributed by atoms with Crippen molar-refractivity contribution in [2.45, 2.75) is 32.6 Å². The normalized spacial score (nSPS) is 17.7. The van der Waals surface area contributed by atoms with Crippen LogP contribution in [0.15, 0.2) is 30.3 Å². The zero-order chi connectivity index (χ0) is 13.3. The summed E-state index contributed by atoms with van der Waals surface area (Å²) >= 11 is 0. The second-order valence-electron chi connectivity index (χ2n) is 5.72. The molecule has 0 bridgehead atoms. The van der Waals surface area contributed by atoms with Crippen molar-refractivity contribution in [3.05, 3.63) is 35.9 Å². The number of nitrogens with zero attached hydrogens (tertiary/aromatic N) is 1. The Morgan fingerprint density at radius 1 is 1.11 bits per heavy atom. The minimum atomic E-state index is 0.891. The van der Waals surface area contributed by atoms with E-state index in [1.54, 1.807) is 0 Å². The fourth-order valence-electron chi connectivity index (χ4n) is 2.90. The Kier molecular flexibility index (Phi) is 6.38. The smallest absolute Gasteiger partial charge is 0.0107 e. The van der Waals surface area contributed by atoms with Crippen LogP contribution in [0.4, 0.5) is 0 Å². The molecule has 1 aliphatic heterocycles. The molecule has 1 aromatic rings. The molecule has 0 spiro atoms. The predicted octanol–water partition coefficient (Wildman–Crippen LogP) is 2.94. The number of hydrogen-bond acceptors (Lipinski definition) is 2. The van der Waals surface area contributed by atoms with Crippen LogP contribution < -0.4 is 5.32 Å². The van der Waals surface area contributed by atoms with E-state index in [-0.39, 0.29) is 0 Å². The van der Waals surface area contributed by atoms with Crippen molar-refractivity contribution in [3.8, 4) is 0 Å². The van der Waals surface area contributed by atoms with Crippen molar-refractivity contribution in [1.82, 2.24) is 10.2 Å². The van der Waals surface area contributed by atoms with Crippen molar-refractivity contribution < 1.29 is 0 Å². The van der Waals surface area contributed by atoms with E-state index in [1.165, 1.54) is 50.9 Å². The van der Waals surface area contributed by atoms with E-state index in [2.05, 4.69) is 47.5 Å². The van der Waals surface area contributed by atoms with Gasteiger partial charge in [0.2, 0.25) is 0 Å². The Hall–Kier alpha value is -0.860. The van der Waals surface area contributed by atoms with Crippen molar-refractivity contribution in [3.63, 3.8) is 0 Å². The number of nitrogens with one attached hydrogen (secondary N) is 1. The lowest BCUT2D eigenvalue weighted by molar-refractivity contribution is 0.184. The fraction of sp³-hybridized carbons (Fsp3) is 0.647. The Bertz CT molecular complexity index is 328. The van der Waals surface area contributed by atoms with Gasteiger partial charge in [0.05, 0.1) is 0 Å². The van der Waals surface area contributed by atoms with E-state index in [0.29, 0.717) is 0 Å². The first-order valence-corrected chi connectivity index (χ1v) is 7.85. The molecule has 1 fully saturated rings. The maximum absolute atomic E-state index is 3.49. The van der Waals surface area contributed by atoms with E-state index in [4.69, 9.17) is 0 Å². The molecule has 0 saturated carbocycles. The first kappa shape index (κ1) is 14.5. The molecule has 106 valence electrons. The fourth-order valence-corrected chi connectivity index (χ4v) is 2.90. The molecule has 0 amide bonds. The van der Waals surface area contributed by atoms with Crippen LogP contribution in [0.3, 0.4) is 0 Å². The van der Waals surface area contributed by atoms with E-state index >= 15 is 0 Å². The molecule has 2 nitrogen and oxygen atoms in total. The number of rotatable bonds is 7. The highest BCUT2D eigenvalue weighted by molar-refractivity contribution is 5.15. The molecular formula is C17H28N2. The molecule has 19 heavy (non-hydrogen) atoms. The van der Waals surface area contributed by atoms with Crippen LogP contribution in [0.1, 0.15) is 31.7 Å². The van der Waals surface area contributed by atoms with Gasteiger partial charge in [0.25, 0.3) is 0 Å². The molecule has 0 unspecified atom stereocenters. The van der Waals surface area contributed by atoms with Crippen LogP contribution in [0.25, 0.3) is 0 Å². The Morgan fingerprint density at radius 2 is 1.84 bits per heavy atom. The topological polar surface area (TPSA) is 15.3 Å². The van der Waals surface area contributed by atoms with Crippen LogP contribution in [0.5, 0.6) is 0 Å². The maximum atomic E-state index is 3.49. The summed E-state index contributed by atoms with van der Waals surface area (Å²) in [7, 11) is 0. The molecule has 1 N–H and O–H groups in total. The zero-order valence-electron chi connectivity index (χ0n) is 12.3. The van der Waals surface area contributed by atoms with Crippen LogP contribution in [0.2, 0.25) is 0 Å². The van der Waals surface area contributed by atoms with Gasteiger partial charge in [-0.05, 0) is 56.8 Å². The highest BCUT2D eigenvalue weighted by Crippen LogP contribution is 2.21. The maximum Gasteiger partial charge on any atom is 0.0107 e. The number of piperidine rings is 1. The average molecular weight is 260 g/mol. The molecule has 2 heteroatoms. The Labute approximate surface area is 118 Å². The summed E-state index contributed by atoms with van der Waals surface area (Å²) in [5.74, 6) is 0.891. The average Bonchev–Trinajstić information content (AvgIpc) is 2.46. The minimum absolute atomic E-state index is 0.891. The minimum Gasteiger partial charge on any atom is -0.315 e. The van der Waals surface area contributed by atoms with E-state index < -0.39 is 0 Å². The molecule has 2 rings (SSSR count).